The van der Waals surface area contributed by atoms with Crippen LogP contribution in [0.2, 0.25) is 0 Å². The number of rotatable bonds is 5. The zero-order valence-corrected chi connectivity index (χ0v) is 14.6. The van der Waals surface area contributed by atoms with E-state index >= 15 is 0 Å². The van der Waals surface area contributed by atoms with Crippen LogP contribution in [0.15, 0.2) is 21.3 Å². The molecule has 26 heavy (non-hydrogen) atoms. The van der Waals surface area contributed by atoms with Crippen molar-refractivity contribution in [1.82, 2.24) is 20.4 Å². The number of urea groups is 1. The average molecular weight is 376 g/mol. The number of imide groups is 1. The summed E-state index contributed by atoms with van der Waals surface area (Å²) in [7, 11) is 0. The second kappa shape index (κ2) is 6.52. The van der Waals surface area contributed by atoms with E-state index in [-0.39, 0.29) is 18.4 Å². The van der Waals surface area contributed by atoms with Gasteiger partial charge in [-0.15, -0.1) is 0 Å². The third-order valence-corrected chi connectivity index (χ3v) is 5.28. The summed E-state index contributed by atoms with van der Waals surface area (Å²) in [6.07, 6.45) is 2.98. The summed E-state index contributed by atoms with van der Waals surface area (Å²) >= 11 is 1.51. The van der Waals surface area contributed by atoms with Gasteiger partial charge in [0.05, 0.1) is 0 Å². The second-order valence-corrected chi connectivity index (χ2v) is 7.08. The van der Waals surface area contributed by atoms with Crippen LogP contribution in [-0.2, 0) is 20.9 Å². The molecule has 0 atom stereocenters. The number of hydrogen-bond donors (Lipinski definition) is 1. The Bertz CT molecular complexity index is 841. The molecule has 2 aliphatic rings. The number of ether oxygens (including phenoxy) is 1. The molecule has 4 rings (SSSR count). The van der Waals surface area contributed by atoms with Gasteiger partial charge in [0, 0.05) is 10.9 Å². The Labute approximate surface area is 152 Å². The molecule has 0 aromatic carbocycles. The van der Waals surface area contributed by atoms with E-state index in [1.54, 1.807) is 0 Å². The fourth-order valence-electron chi connectivity index (χ4n) is 3.28. The summed E-state index contributed by atoms with van der Waals surface area (Å²) in [5.74, 6) is -0.507. The highest BCUT2D eigenvalue weighted by atomic mass is 32.1. The van der Waals surface area contributed by atoms with Gasteiger partial charge in [-0.05, 0) is 24.3 Å². The Kier molecular flexibility index (Phi) is 4.19. The molecule has 1 spiro atoms. The van der Waals surface area contributed by atoms with Crippen LogP contribution < -0.4 is 5.32 Å². The maximum absolute atomic E-state index is 12.5. The smallest absolute Gasteiger partial charge is 0.326 e. The minimum Gasteiger partial charge on any atom is -0.454 e. The lowest BCUT2D eigenvalue weighted by molar-refractivity contribution is -0.149. The summed E-state index contributed by atoms with van der Waals surface area (Å²) in [4.78, 5) is 41.6. The molecule has 10 heteroatoms. The van der Waals surface area contributed by atoms with Crippen molar-refractivity contribution < 1.29 is 23.6 Å². The number of nitrogens with one attached hydrogen (secondary N) is 1. The Balaban J connectivity index is 1.33. The molecule has 0 radical (unpaired) electrons. The summed E-state index contributed by atoms with van der Waals surface area (Å²) in [5.41, 5.74) is -0.0169. The quantitative estimate of drug-likeness (QED) is 0.624. The predicted octanol–water partition coefficient (Wildman–Crippen LogP) is 1.71. The number of carbonyl (C=O) groups excluding carboxylic acids is 3. The zero-order valence-electron chi connectivity index (χ0n) is 13.8. The van der Waals surface area contributed by atoms with Crippen molar-refractivity contribution in [1.29, 1.82) is 0 Å². The Hall–Kier alpha value is -2.75. The number of nitrogens with zero attached hydrogens (tertiary/aromatic N) is 3. The highest BCUT2D eigenvalue weighted by molar-refractivity contribution is 7.08. The molecule has 0 bridgehead atoms. The van der Waals surface area contributed by atoms with Gasteiger partial charge >= 0.3 is 12.0 Å². The van der Waals surface area contributed by atoms with Crippen LogP contribution in [0.1, 0.15) is 31.6 Å². The molecule has 136 valence electrons. The average Bonchev–Trinajstić information content (AvgIpc) is 3.40. The molecular formula is C16H16N4O5S. The molecule has 1 aliphatic heterocycles. The highest BCUT2D eigenvalue weighted by Crippen LogP contribution is 2.34. The van der Waals surface area contributed by atoms with Crippen molar-refractivity contribution in [2.24, 2.45) is 0 Å². The van der Waals surface area contributed by atoms with Gasteiger partial charge in [0.15, 0.2) is 6.61 Å². The molecule has 0 unspecified atom stereocenters. The lowest BCUT2D eigenvalue weighted by Crippen LogP contribution is -2.44. The van der Waals surface area contributed by atoms with E-state index < -0.39 is 24.1 Å². The first-order valence-electron chi connectivity index (χ1n) is 8.22. The van der Waals surface area contributed by atoms with E-state index in [4.69, 9.17) is 9.26 Å². The fraction of sp³-hybridized carbons (Fsp3) is 0.438. The number of aromatic nitrogens is 2. The third kappa shape index (κ3) is 2.96. The lowest BCUT2D eigenvalue weighted by Gasteiger charge is -2.19. The van der Waals surface area contributed by atoms with Crippen LogP contribution in [0.3, 0.4) is 0 Å². The standard InChI is InChI=1S/C16H16N4O5S/c21-12(7-20-14(22)16(18-15(20)23)4-1-2-5-16)24-8-11-17-13(19-25-11)10-3-6-26-9-10/h3,6,9H,1-2,4-5,7-8H2,(H,18,23). The lowest BCUT2D eigenvalue weighted by atomic mass is 9.98. The first-order valence-corrected chi connectivity index (χ1v) is 9.17. The van der Waals surface area contributed by atoms with Gasteiger partial charge in [-0.3, -0.25) is 14.5 Å². The number of hydrogen-bond acceptors (Lipinski definition) is 8. The summed E-state index contributed by atoms with van der Waals surface area (Å²) < 4.78 is 10.1. The molecule has 2 aromatic rings. The first-order chi connectivity index (χ1) is 12.6. The van der Waals surface area contributed by atoms with E-state index in [2.05, 4.69) is 15.5 Å². The summed E-state index contributed by atoms with van der Waals surface area (Å²) in [5, 5.41) is 10.3. The molecule has 1 aliphatic carbocycles. The van der Waals surface area contributed by atoms with Gasteiger partial charge in [-0.2, -0.15) is 16.3 Å². The summed E-state index contributed by atoms with van der Waals surface area (Å²) in [6.45, 7) is -0.650. The van der Waals surface area contributed by atoms with E-state index in [1.807, 2.05) is 16.8 Å². The topological polar surface area (TPSA) is 115 Å². The van der Waals surface area contributed by atoms with Gasteiger partial charge in [0.2, 0.25) is 5.82 Å². The molecule has 1 saturated heterocycles. The molecule has 1 saturated carbocycles. The summed E-state index contributed by atoms with van der Waals surface area (Å²) in [6, 6.07) is 1.30. The molecular weight excluding hydrogens is 360 g/mol. The fourth-order valence-corrected chi connectivity index (χ4v) is 3.91. The van der Waals surface area contributed by atoms with E-state index in [9.17, 15) is 14.4 Å². The number of esters is 1. The SMILES string of the molecule is O=C(CN1C(=O)NC2(CCCC2)C1=O)OCc1nc(-c2ccsc2)no1. The van der Waals surface area contributed by atoms with E-state index in [0.29, 0.717) is 18.7 Å². The van der Waals surface area contributed by atoms with Crippen LogP contribution in [0, 0.1) is 0 Å². The van der Waals surface area contributed by atoms with Gasteiger partial charge in [-0.1, -0.05) is 18.0 Å². The molecule has 3 amide bonds. The van der Waals surface area contributed by atoms with Gasteiger partial charge < -0.3 is 14.6 Å². The monoisotopic (exact) mass is 376 g/mol. The van der Waals surface area contributed by atoms with Crippen molar-refractivity contribution >= 4 is 29.2 Å². The first kappa shape index (κ1) is 16.7. The van der Waals surface area contributed by atoms with Crippen molar-refractivity contribution in [3.63, 3.8) is 0 Å². The molecule has 9 nitrogen and oxygen atoms in total. The Morgan fingerprint density at radius 3 is 2.92 bits per heavy atom. The van der Waals surface area contributed by atoms with E-state index in [1.165, 1.54) is 11.3 Å². The van der Waals surface area contributed by atoms with Crippen molar-refractivity contribution in [2.45, 2.75) is 37.8 Å². The van der Waals surface area contributed by atoms with Crippen molar-refractivity contribution in [2.75, 3.05) is 6.54 Å². The second-order valence-electron chi connectivity index (χ2n) is 6.30. The van der Waals surface area contributed by atoms with Crippen LogP contribution in [0.25, 0.3) is 11.4 Å². The number of amides is 3. The van der Waals surface area contributed by atoms with Crippen LogP contribution in [-0.4, -0.2) is 45.0 Å². The van der Waals surface area contributed by atoms with Gasteiger partial charge in [0.1, 0.15) is 12.1 Å². The third-order valence-electron chi connectivity index (χ3n) is 4.59. The van der Waals surface area contributed by atoms with Gasteiger partial charge in [-0.25, -0.2) is 4.79 Å². The van der Waals surface area contributed by atoms with E-state index in [0.717, 1.165) is 23.3 Å². The van der Waals surface area contributed by atoms with Crippen molar-refractivity contribution in [3.05, 3.63) is 22.7 Å². The Morgan fingerprint density at radius 2 is 2.19 bits per heavy atom. The maximum Gasteiger partial charge on any atom is 0.326 e. The minimum absolute atomic E-state index is 0.143. The predicted molar refractivity (Wildman–Crippen MR) is 88.9 cm³/mol. The highest BCUT2D eigenvalue weighted by Gasteiger charge is 2.52. The molecule has 1 N–H and O–H groups in total. The van der Waals surface area contributed by atoms with Crippen molar-refractivity contribution in [3.8, 4) is 11.4 Å². The van der Waals surface area contributed by atoms with Crippen LogP contribution in [0.4, 0.5) is 4.79 Å². The van der Waals surface area contributed by atoms with Crippen LogP contribution >= 0.6 is 11.3 Å². The largest absolute Gasteiger partial charge is 0.454 e. The number of carbonyl (C=O) groups is 3. The maximum atomic E-state index is 12.5. The van der Waals surface area contributed by atoms with Gasteiger partial charge in [0.25, 0.3) is 11.8 Å². The Morgan fingerprint density at radius 1 is 1.38 bits per heavy atom. The minimum atomic E-state index is -0.834. The number of thiophene rings is 1. The molecule has 3 heterocycles. The zero-order chi connectivity index (χ0) is 18.1. The van der Waals surface area contributed by atoms with Crippen LogP contribution in [0.5, 0.6) is 0 Å². The molecule has 2 aromatic heterocycles. The molecule has 2 fully saturated rings. The normalized spacial score (nSPS) is 18.5.